The molecule has 1 saturated heterocycles. The van der Waals surface area contributed by atoms with Crippen molar-refractivity contribution < 1.29 is 4.74 Å². The van der Waals surface area contributed by atoms with Crippen LogP contribution in [-0.2, 0) is 4.74 Å². The van der Waals surface area contributed by atoms with Gasteiger partial charge in [-0.25, -0.2) is 0 Å². The summed E-state index contributed by atoms with van der Waals surface area (Å²) in [5.41, 5.74) is 0.332. The summed E-state index contributed by atoms with van der Waals surface area (Å²) in [5.74, 6) is 1.41. The summed E-state index contributed by atoms with van der Waals surface area (Å²) in [7, 11) is 1.82. The molecule has 2 unspecified atom stereocenters. The minimum absolute atomic E-state index is 0.151. The van der Waals surface area contributed by atoms with Crippen molar-refractivity contribution in [1.29, 1.82) is 0 Å². The van der Waals surface area contributed by atoms with Crippen LogP contribution in [0.1, 0.15) is 54.4 Å². The van der Waals surface area contributed by atoms with E-state index >= 15 is 0 Å². The van der Waals surface area contributed by atoms with Gasteiger partial charge in [-0.1, -0.05) is 20.8 Å². The zero-order valence-corrected chi connectivity index (χ0v) is 16.3. The van der Waals surface area contributed by atoms with Gasteiger partial charge in [-0.05, 0) is 39.0 Å². The molecule has 0 aromatic carbocycles. The topological polar surface area (TPSA) is 57.7 Å². The van der Waals surface area contributed by atoms with E-state index < -0.39 is 0 Å². The highest BCUT2D eigenvalue weighted by Gasteiger charge is 2.35. The average molecular weight is 327 g/mol. The third-order valence-corrected chi connectivity index (χ3v) is 4.13. The van der Waals surface area contributed by atoms with Crippen molar-refractivity contribution in [1.82, 2.24) is 16.0 Å². The standard InChI is InChI=1S/C18H38N4O/c1-17(2,3)15-14(9-8-12-23-15)13-21-16(19-7)20-10-11-22-18(4,5)6/h14-15,22H,8-13H2,1-7H3,(H2,19,20,21). The Bertz CT molecular complexity index is 368. The van der Waals surface area contributed by atoms with E-state index in [0.717, 1.165) is 38.6 Å². The van der Waals surface area contributed by atoms with Crippen LogP contribution in [0, 0.1) is 11.3 Å². The Labute approximate surface area is 143 Å². The van der Waals surface area contributed by atoms with Gasteiger partial charge in [-0.3, -0.25) is 4.99 Å². The van der Waals surface area contributed by atoms with Gasteiger partial charge in [0, 0.05) is 44.7 Å². The summed E-state index contributed by atoms with van der Waals surface area (Å²) in [6, 6.07) is 0. The van der Waals surface area contributed by atoms with E-state index in [9.17, 15) is 0 Å². The van der Waals surface area contributed by atoms with Gasteiger partial charge < -0.3 is 20.7 Å². The first-order valence-corrected chi connectivity index (χ1v) is 8.94. The molecule has 0 aromatic heterocycles. The van der Waals surface area contributed by atoms with E-state index in [0.29, 0.717) is 12.0 Å². The molecule has 1 rings (SSSR count). The molecule has 1 aliphatic rings. The number of ether oxygens (including phenoxy) is 1. The molecule has 0 saturated carbocycles. The van der Waals surface area contributed by atoms with Crippen molar-refractivity contribution in [3.05, 3.63) is 0 Å². The van der Waals surface area contributed by atoms with Crippen LogP contribution in [0.15, 0.2) is 4.99 Å². The second-order valence-electron chi connectivity index (χ2n) is 8.62. The van der Waals surface area contributed by atoms with Crippen LogP contribution in [0.25, 0.3) is 0 Å². The Hall–Kier alpha value is -0.810. The summed E-state index contributed by atoms with van der Waals surface area (Å²) in [5, 5.41) is 10.3. The number of hydrogen-bond donors (Lipinski definition) is 3. The fourth-order valence-electron chi connectivity index (χ4n) is 3.08. The van der Waals surface area contributed by atoms with Gasteiger partial charge in [0.1, 0.15) is 0 Å². The molecule has 1 aliphatic heterocycles. The molecule has 0 spiro atoms. The Morgan fingerprint density at radius 3 is 2.35 bits per heavy atom. The van der Waals surface area contributed by atoms with Crippen molar-refractivity contribution in [3.8, 4) is 0 Å². The Morgan fingerprint density at radius 1 is 1.09 bits per heavy atom. The maximum atomic E-state index is 6.05. The molecule has 136 valence electrons. The fourth-order valence-corrected chi connectivity index (χ4v) is 3.08. The van der Waals surface area contributed by atoms with Gasteiger partial charge in [0.25, 0.3) is 0 Å². The molecule has 0 aromatic rings. The first kappa shape index (κ1) is 20.2. The molecule has 1 heterocycles. The molecule has 0 amide bonds. The predicted octanol–water partition coefficient (Wildman–Crippen LogP) is 2.38. The third kappa shape index (κ3) is 8.02. The first-order chi connectivity index (χ1) is 10.6. The largest absolute Gasteiger partial charge is 0.377 e. The SMILES string of the molecule is CN=C(NCCNC(C)(C)C)NCC1CCCOC1C(C)(C)C. The van der Waals surface area contributed by atoms with Crippen LogP contribution < -0.4 is 16.0 Å². The molecular weight excluding hydrogens is 288 g/mol. The highest BCUT2D eigenvalue weighted by atomic mass is 16.5. The van der Waals surface area contributed by atoms with Crippen LogP contribution in [0.4, 0.5) is 0 Å². The summed E-state index contributed by atoms with van der Waals surface area (Å²) in [6.07, 6.45) is 2.68. The third-order valence-electron chi connectivity index (χ3n) is 4.13. The molecule has 5 heteroatoms. The zero-order valence-electron chi connectivity index (χ0n) is 16.3. The lowest BCUT2D eigenvalue weighted by Gasteiger charge is -2.40. The van der Waals surface area contributed by atoms with Crippen molar-refractivity contribution in [3.63, 3.8) is 0 Å². The number of nitrogens with zero attached hydrogens (tertiary/aromatic N) is 1. The molecule has 0 aliphatic carbocycles. The number of rotatable bonds is 5. The van der Waals surface area contributed by atoms with Crippen molar-refractivity contribution in [2.75, 3.05) is 33.3 Å². The summed E-state index contributed by atoms with van der Waals surface area (Å²) < 4.78 is 6.05. The Balaban J connectivity index is 2.38. The average Bonchev–Trinajstić information content (AvgIpc) is 2.45. The molecule has 2 atom stereocenters. The minimum Gasteiger partial charge on any atom is -0.377 e. The molecule has 5 nitrogen and oxygen atoms in total. The lowest BCUT2D eigenvalue weighted by molar-refractivity contribution is -0.0835. The monoisotopic (exact) mass is 326 g/mol. The number of aliphatic imine (C=N–C) groups is 1. The van der Waals surface area contributed by atoms with Crippen LogP contribution in [-0.4, -0.2) is 50.9 Å². The van der Waals surface area contributed by atoms with Crippen LogP contribution in [0.2, 0.25) is 0 Å². The van der Waals surface area contributed by atoms with Crippen LogP contribution >= 0.6 is 0 Å². The maximum absolute atomic E-state index is 6.05. The highest BCUT2D eigenvalue weighted by Crippen LogP contribution is 2.33. The maximum Gasteiger partial charge on any atom is 0.191 e. The predicted molar refractivity (Wildman–Crippen MR) is 99.0 cm³/mol. The van der Waals surface area contributed by atoms with Gasteiger partial charge >= 0.3 is 0 Å². The Kier molecular flexibility index (Phi) is 7.81. The zero-order chi connectivity index (χ0) is 17.5. The van der Waals surface area contributed by atoms with Crippen LogP contribution in [0.3, 0.4) is 0 Å². The van der Waals surface area contributed by atoms with E-state index in [4.69, 9.17) is 4.74 Å². The molecular formula is C18H38N4O. The number of nitrogens with one attached hydrogen (secondary N) is 3. The van der Waals surface area contributed by atoms with E-state index in [1.54, 1.807) is 0 Å². The highest BCUT2D eigenvalue weighted by molar-refractivity contribution is 5.79. The normalized spacial score (nSPS) is 23.7. The molecule has 23 heavy (non-hydrogen) atoms. The molecule has 0 radical (unpaired) electrons. The van der Waals surface area contributed by atoms with Gasteiger partial charge in [-0.2, -0.15) is 0 Å². The molecule has 1 fully saturated rings. The van der Waals surface area contributed by atoms with E-state index in [2.05, 4.69) is 62.5 Å². The Morgan fingerprint density at radius 2 is 1.78 bits per heavy atom. The number of hydrogen-bond acceptors (Lipinski definition) is 3. The van der Waals surface area contributed by atoms with Crippen LogP contribution in [0.5, 0.6) is 0 Å². The van der Waals surface area contributed by atoms with Gasteiger partial charge in [0.15, 0.2) is 5.96 Å². The molecule has 0 bridgehead atoms. The van der Waals surface area contributed by atoms with E-state index in [1.807, 2.05) is 7.05 Å². The first-order valence-electron chi connectivity index (χ1n) is 8.94. The summed E-state index contributed by atoms with van der Waals surface area (Å²) in [6.45, 7) is 16.9. The van der Waals surface area contributed by atoms with Crippen molar-refractivity contribution >= 4 is 5.96 Å². The van der Waals surface area contributed by atoms with Gasteiger partial charge in [-0.15, -0.1) is 0 Å². The van der Waals surface area contributed by atoms with Crippen molar-refractivity contribution in [2.24, 2.45) is 16.3 Å². The quantitative estimate of drug-likeness (QED) is 0.412. The number of guanidine groups is 1. The smallest absolute Gasteiger partial charge is 0.191 e. The van der Waals surface area contributed by atoms with Gasteiger partial charge in [0.05, 0.1) is 6.10 Å². The second-order valence-corrected chi connectivity index (χ2v) is 8.62. The van der Waals surface area contributed by atoms with Gasteiger partial charge in [0.2, 0.25) is 0 Å². The van der Waals surface area contributed by atoms with E-state index in [-0.39, 0.29) is 11.0 Å². The van der Waals surface area contributed by atoms with E-state index in [1.165, 1.54) is 6.42 Å². The lowest BCUT2D eigenvalue weighted by atomic mass is 9.78. The summed E-state index contributed by atoms with van der Waals surface area (Å²) >= 11 is 0. The lowest BCUT2D eigenvalue weighted by Crippen LogP contribution is -2.49. The fraction of sp³-hybridized carbons (Fsp3) is 0.944. The molecule has 3 N–H and O–H groups in total. The minimum atomic E-state index is 0.151. The second kappa shape index (κ2) is 8.88. The van der Waals surface area contributed by atoms with Crippen molar-refractivity contribution in [2.45, 2.75) is 66.0 Å². The summed E-state index contributed by atoms with van der Waals surface area (Å²) in [4.78, 5) is 4.32.